The highest BCUT2D eigenvalue weighted by Gasteiger charge is 2.44. The first-order chi connectivity index (χ1) is 11.6. The second-order valence-corrected chi connectivity index (χ2v) is 6.79. The molecule has 0 radical (unpaired) electrons. The predicted molar refractivity (Wildman–Crippen MR) is 86.8 cm³/mol. The Labute approximate surface area is 141 Å². The lowest BCUT2D eigenvalue weighted by molar-refractivity contribution is -0.137. The molecule has 0 aromatic carbocycles. The number of hydrogen-bond donors (Lipinski definition) is 0. The average Bonchev–Trinajstić information content (AvgIpc) is 3.22. The van der Waals surface area contributed by atoms with Gasteiger partial charge in [0.05, 0.1) is 18.7 Å². The zero-order valence-corrected chi connectivity index (χ0v) is 13.9. The summed E-state index contributed by atoms with van der Waals surface area (Å²) in [6.07, 6.45) is 5.56. The number of halogens is 1. The maximum atomic E-state index is 14.0. The molecule has 0 spiro atoms. The smallest absolute Gasteiger partial charge is 0.242 e. The maximum absolute atomic E-state index is 14.0. The molecular weight excluding hydrogens is 309 g/mol. The molecule has 24 heavy (non-hydrogen) atoms. The van der Waals surface area contributed by atoms with Crippen molar-refractivity contribution in [3.63, 3.8) is 0 Å². The van der Waals surface area contributed by atoms with Crippen LogP contribution in [0.3, 0.4) is 0 Å². The van der Waals surface area contributed by atoms with Crippen LogP contribution >= 0.6 is 0 Å². The van der Waals surface area contributed by atoms with E-state index >= 15 is 0 Å². The van der Waals surface area contributed by atoms with Crippen molar-refractivity contribution in [1.82, 2.24) is 14.9 Å². The van der Waals surface area contributed by atoms with Gasteiger partial charge in [0.25, 0.3) is 0 Å². The monoisotopic (exact) mass is 331 g/mol. The van der Waals surface area contributed by atoms with Crippen LogP contribution in [0.25, 0.3) is 0 Å². The summed E-state index contributed by atoms with van der Waals surface area (Å²) in [5.41, 5.74) is -0.887. The number of likely N-dealkylation sites (N-methyl/N-ethyl adjacent to an activating group) is 1. The number of rotatable bonds is 4. The van der Waals surface area contributed by atoms with Crippen molar-refractivity contribution in [2.24, 2.45) is 5.41 Å². The fourth-order valence-electron chi connectivity index (χ4n) is 3.88. The van der Waals surface area contributed by atoms with Gasteiger partial charge in [-0.2, -0.15) is 5.26 Å². The molecule has 1 amide bonds. The van der Waals surface area contributed by atoms with Gasteiger partial charge in [0.1, 0.15) is 23.7 Å². The molecule has 1 saturated carbocycles. The molecule has 0 N–H and O–H groups in total. The molecule has 2 atom stereocenters. The van der Waals surface area contributed by atoms with Crippen molar-refractivity contribution in [1.29, 1.82) is 5.26 Å². The van der Waals surface area contributed by atoms with Crippen LogP contribution < -0.4 is 4.90 Å². The van der Waals surface area contributed by atoms with E-state index < -0.39 is 11.6 Å². The van der Waals surface area contributed by atoms with Gasteiger partial charge in [-0.3, -0.25) is 4.79 Å². The summed E-state index contributed by atoms with van der Waals surface area (Å²) in [7, 11) is 1.71. The van der Waals surface area contributed by atoms with Crippen LogP contribution in [0.2, 0.25) is 0 Å². The van der Waals surface area contributed by atoms with E-state index in [4.69, 9.17) is 0 Å². The van der Waals surface area contributed by atoms with Crippen LogP contribution in [0.5, 0.6) is 0 Å². The van der Waals surface area contributed by atoms with E-state index in [1.54, 1.807) is 24.2 Å². The highest BCUT2D eigenvalue weighted by molar-refractivity contribution is 5.85. The molecule has 1 saturated heterocycles. The summed E-state index contributed by atoms with van der Waals surface area (Å²) >= 11 is 0. The van der Waals surface area contributed by atoms with E-state index in [1.165, 1.54) is 6.33 Å². The second-order valence-electron chi connectivity index (χ2n) is 6.79. The topological polar surface area (TPSA) is 73.1 Å². The molecule has 2 fully saturated rings. The average molecular weight is 331 g/mol. The SMILES string of the molecule is CN(C[C@@H]1C[C@H](F)CN1c1ccncn1)C(=O)C1(C#N)CCCC1. The molecule has 1 aliphatic carbocycles. The van der Waals surface area contributed by atoms with Crippen LogP contribution in [-0.4, -0.2) is 53.1 Å². The van der Waals surface area contributed by atoms with E-state index in [0.717, 1.165) is 12.8 Å². The Bertz CT molecular complexity index is 626. The summed E-state index contributed by atoms with van der Waals surface area (Å²) in [6.45, 7) is 0.666. The van der Waals surface area contributed by atoms with Gasteiger partial charge in [-0.05, 0) is 18.9 Å². The van der Waals surface area contributed by atoms with Crippen molar-refractivity contribution in [2.75, 3.05) is 25.0 Å². The Kier molecular flexibility index (Phi) is 4.65. The normalized spacial score (nSPS) is 25.5. The Morgan fingerprint density at radius 1 is 1.54 bits per heavy atom. The highest BCUT2D eigenvalue weighted by Crippen LogP contribution is 2.39. The van der Waals surface area contributed by atoms with E-state index in [1.807, 2.05) is 4.90 Å². The standard InChI is InChI=1S/C17H22FN5O/c1-22(16(24)17(11-19)5-2-3-6-17)10-14-8-13(18)9-23(14)15-4-7-20-12-21-15/h4,7,12-14H,2-3,5-6,8-10H2,1H3/t13-,14-/m0/s1. The Hall–Kier alpha value is -2.23. The highest BCUT2D eigenvalue weighted by atomic mass is 19.1. The molecule has 1 aromatic heterocycles. The number of carbonyl (C=O) groups is 1. The molecular formula is C17H22FN5O. The third-order valence-corrected chi connectivity index (χ3v) is 5.14. The number of aromatic nitrogens is 2. The summed E-state index contributed by atoms with van der Waals surface area (Å²) in [6, 6.07) is 3.85. The van der Waals surface area contributed by atoms with E-state index in [2.05, 4.69) is 16.0 Å². The van der Waals surface area contributed by atoms with E-state index in [-0.39, 0.29) is 18.5 Å². The number of anilines is 1. The zero-order valence-electron chi connectivity index (χ0n) is 13.9. The summed E-state index contributed by atoms with van der Waals surface area (Å²) in [4.78, 5) is 24.4. The lowest BCUT2D eigenvalue weighted by atomic mass is 9.86. The van der Waals surface area contributed by atoms with Gasteiger partial charge < -0.3 is 9.80 Å². The molecule has 2 aliphatic rings. The lowest BCUT2D eigenvalue weighted by Crippen LogP contribution is -2.46. The minimum absolute atomic E-state index is 0.132. The Morgan fingerprint density at radius 3 is 2.92 bits per heavy atom. The number of nitriles is 1. The zero-order chi connectivity index (χ0) is 17.2. The van der Waals surface area contributed by atoms with Crippen LogP contribution in [0.4, 0.5) is 10.2 Å². The third kappa shape index (κ3) is 3.05. The van der Waals surface area contributed by atoms with Crippen LogP contribution in [-0.2, 0) is 4.79 Å². The van der Waals surface area contributed by atoms with Gasteiger partial charge in [-0.15, -0.1) is 0 Å². The number of carbonyl (C=O) groups excluding carboxylic acids is 1. The molecule has 0 bridgehead atoms. The van der Waals surface area contributed by atoms with E-state index in [0.29, 0.717) is 31.6 Å². The van der Waals surface area contributed by atoms with Gasteiger partial charge in [-0.25, -0.2) is 14.4 Å². The molecule has 1 aromatic rings. The van der Waals surface area contributed by atoms with Gasteiger partial charge in [0.2, 0.25) is 5.91 Å². The minimum Gasteiger partial charge on any atom is -0.349 e. The van der Waals surface area contributed by atoms with Crippen LogP contribution in [0.1, 0.15) is 32.1 Å². The Morgan fingerprint density at radius 2 is 2.29 bits per heavy atom. The van der Waals surface area contributed by atoms with E-state index in [9.17, 15) is 14.4 Å². The van der Waals surface area contributed by atoms with Crippen LogP contribution in [0.15, 0.2) is 18.6 Å². The minimum atomic E-state index is -0.940. The number of alkyl halides is 1. The summed E-state index contributed by atoms with van der Waals surface area (Å²) in [5, 5.41) is 9.48. The number of hydrogen-bond acceptors (Lipinski definition) is 5. The van der Waals surface area contributed by atoms with Gasteiger partial charge >= 0.3 is 0 Å². The second kappa shape index (κ2) is 6.71. The van der Waals surface area contributed by atoms with Crippen molar-refractivity contribution in [3.05, 3.63) is 18.6 Å². The largest absolute Gasteiger partial charge is 0.349 e. The molecule has 7 heteroatoms. The van der Waals surface area contributed by atoms with Crippen molar-refractivity contribution < 1.29 is 9.18 Å². The third-order valence-electron chi connectivity index (χ3n) is 5.14. The predicted octanol–water partition coefficient (Wildman–Crippen LogP) is 1.94. The molecule has 128 valence electrons. The summed E-state index contributed by atoms with van der Waals surface area (Å²) < 4.78 is 14.0. The quantitative estimate of drug-likeness (QED) is 0.843. The maximum Gasteiger partial charge on any atom is 0.242 e. The van der Waals surface area contributed by atoms with Crippen molar-refractivity contribution in [3.8, 4) is 6.07 Å². The molecule has 3 rings (SSSR count). The number of amides is 1. The summed E-state index contributed by atoms with van der Waals surface area (Å²) in [5.74, 6) is 0.541. The van der Waals surface area contributed by atoms with Gasteiger partial charge in [0, 0.05) is 26.2 Å². The lowest BCUT2D eigenvalue weighted by Gasteiger charge is -2.32. The first-order valence-electron chi connectivity index (χ1n) is 8.39. The van der Waals surface area contributed by atoms with Gasteiger partial charge in [-0.1, -0.05) is 12.8 Å². The molecule has 0 unspecified atom stereocenters. The van der Waals surface area contributed by atoms with Crippen molar-refractivity contribution >= 4 is 11.7 Å². The first-order valence-corrected chi connectivity index (χ1v) is 8.39. The Balaban J connectivity index is 1.72. The first kappa shape index (κ1) is 16.6. The van der Waals surface area contributed by atoms with Crippen molar-refractivity contribution in [2.45, 2.75) is 44.3 Å². The molecule has 6 nitrogen and oxygen atoms in total. The van der Waals surface area contributed by atoms with Gasteiger partial charge in [0.15, 0.2) is 0 Å². The number of nitrogens with zero attached hydrogens (tertiary/aromatic N) is 5. The molecule has 1 aliphatic heterocycles. The molecule has 2 heterocycles. The fourth-order valence-corrected chi connectivity index (χ4v) is 3.88. The van der Waals surface area contributed by atoms with Crippen LogP contribution in [0, 0.1) is 16.7 Å². The fraction of sp³-hybridized carbons (Fsp3) is 0.647.